The number of ether oxygens (including phenoxy) is 1. The van der Waals surface area contributed by atoms with Crippen LogP contribution in [-0.4, -0.2) is 57.4 Å². The number of esters is 1. The number of fused-ring (bicyclic) bond motifs is 1. The number of carbonyl (C=O) groups is 2. The summed E-state index contributed by atoms with van der Waals surface area (Å²) in [6, 6.07) is 3.19. The van der Waals surface area contributed by atoms with E-state index in [0.717, 1.165) is 18.9 Å². The highest BCUT2D eigenvalue weighted by Crippen LogP contribution is 2.18. The molecular formula is C18H26N6O3. The minimum Gasteiger partial charge on any atom is -0.464 e. The number of aromatic nitrogens is 4. The summed E-state index contributed by atoms with van der Waals surface area (Å²) < 4.78 is 6.59. The third kappa shape index (κ3) is 4.72. The first-order valence-corrected chi connectivity index (χ1v) is 9.50. The third-order valence-electron chi connectivity index (χ3n) is 4.59. The molecule has 1 fully saturated rings. The van der Waals surface area contributed by atoms with E-state index in [1.807, 2.05) is 12.1 Å². The molecule has 9 heteroatoms. The van der Waals surface area contributed by atoms with Crippen molar-refractivity contribution < 1.29 is 14.3 Å². The first kappa shape index (κ1) is 19.1. The molecule has 3 rings (SSSR count). The van der Waals surface area contributed by atoms with E-state index in [2.05, 4.69) is 25.5 Å². The van der Waals surface area contributed by atoms with Crippen LogP contribution in [0.4, 0.5) is 5.82 Å². The lowest BCUT2D eigenvalue weighted by atomic mass is 10.1. The molecule has 1 N–H and O–H groups in total. The molecule has 1 atom stereocenters. The van der Waals surface area contributed by atoms with Gasteiger partial charge in [0.15, 0.2) is 11.5 Å². The molecule has 0 aromatic carbocycles. The van der Waals surface area contributed by atoms with E-state index >= 15 is 0 Å². The second-order valence-electron chi connectivity index (χ2n) is 6.67. The van der Waals surface area contributed by atoms with Crippen molar-refractivity contribution in [3.05, 3.63) is 18.0 Å². The first-order chi connectivity index (χ1) is 13.1. The van der Waals surface area contributed by atoms with E-state index < -0.39 is 12.0 Å². The Kier molecular flexibility index (Phi) is 6.20. The fourth-order valence-electron chi connectivity index (χ4n) is 3.14. The maximum atomic E-state index is 12.1. The summed E-state index contributed by atoms with van der Waals surface area (Å²) in [5, 5.41) is 15.6. The highest BCUT2D eigenvalue weighted by atomic mass is 16.5. The molecule has 0 bridgehead atoms. The number of aryl methyl sites for hydroxylation is 1. The van der Waals surface area contributed by atoms with Gasteiger partial charge in [0.25, 0.3) is 0 Å². The Bertz CT molecular complexity index is 799. The predicted molar refractivity (Wildman–Crippen MR) is 99.4 cm³/mol. The molecule has 0 unspecified atom stereocenters. The van der Waals surface area contributed by atoms with Crippen molar-refractivity contribution in [2.75, 3.05) is 24.6 Å². The van der Waals surface area contributed by atoms with Crippen LogP contribution in [0.3, 0.4) is 0 Å². The number of carbonyl (C=O) groups excluding carboxylic acids is 2. The lowest BCUT2D eigenvalue weighted by Gasteiger charge is -2.27. The summed E-state index contributed by atoms with van der Waals surface area (Å²) >= 11 is 0. The van der Waals surface area contributed by atoms with E-state index in [1.165, 1.54) is 19.3 Å². The van der Waals surface area contributed by atoms with Crippen LogP contribution in [0.5, 0.6) is 0 Å². The van der Waals surface area contributed by atoms with Gasteiger partial charge in [0.1, 0.15) is 11.9 Å². The van der Waals surface area contributed by atoms with Crippen LogP contribution < -0.4 is 10.2 Å². The monoisotopic (exact) mass is 374 g/mol. The highest BCUT2D eigenvalue weighted by Gasteiger charge is 2.18. The number of rotatable bonds is 7. The van der Waals surface area contributed by atoms with Crippen LogP contribution in [0.2, 0.25) is 0 Å². The molecule has 0 aliphatic carbocycles. The average molecular weight is 374 g/mol. The molecule has 0 spiro atoms. The molecule has 1 saturated heterocycles. The second kappa shape index (κ2) is 8.79. The number of amides is 1. The SMILES string of the molecule is CCOC(=O)[C@@H](C)NC(=O)CCc1nnc2ccc(N3CCCCC3)nn12. The zero-order valence-electron chi connectivity index (χ0n) is 15.8. The summed E-state index contributed by atoms with van der Waals surface area (Å²) in [6.45, 7) is 5.63. The number of hydrogen-bond acceptors (Lipinski definition) is 7. The zero-order valence-corrected chi connectivity index (χ0v) is 15.8. The number of nitrogens with one attached hydrogen (secondary N) is 1. The van der Waals surface area contributed by atoms with Crippen LogP contribution in [-0.2, 0) is 20.7 Å². The largest absolute Gasteiger partial charge is 0.464 e. The molecule has 1 aliphatic heterocycles. The lowest BCUT2D eigenvalue weighted by Crippen LogP contribution is -2.39. The van der Waals surface area contributed by atoms with Crippen LogP contribution in [0.25, 0.3) is 5.65 Å². The molecule has 2 aromatic heterocycles. The van der Waals surface area contributed by atoms with E-state index in [4.69, 9.17) is 4.74 Å². The topological polar surface area (TPSA) is 102 Å². The third-order valence-corrected chi connectivity index (χ3v) is 4.59. The molecule has 9 nitrogen and oxygen atoms in total. The standard InChI is InChI=1S/C18H26N6O3/c1-3-27-18(26)13(2)19-17(25)10-9-15-21-20-14-7-8-16(22-24(14)15)23-11-5-4-6-12-23/h7-8,13H,3-6,9-12H2,1-2H3,(H,19,25)/t13-/m1/s1. The summed E-state index contributed by atoms with van der Waals surface area (Å²) in [7, 11) is 0. The minimum atomic E-state index is -0.670. The van der Waals surface area contributed by atoms with Gasteiger partial charge in [-0.15, -0.1) is 15.3 Å². The Morgan fingerprint density at radius 2 is 2.00 bits per heavy atom. The van der Waals surface area contributed by atoms with Crippen molar-refractivity contribution in [1.82, 2.24) is 25.1 Å². The van der Waals surface area contributed by atoms with Crippen molar-refractivity contribution in [2.24, 2.45) is 0 Å². The van der Waals surface area contributed by atoms with Gasteiger partial charge in [-0.1, -0.05) is 0 Å². The maximum Gasteiger partial charge on any atom is 0.328 e. The molecular weight excluding hydrogens is 348 g/mol. The van der Waals surface area contributed by atoms with Crippen molar-refractivity contribution in [3.63, 3.8) is 0 Å². The van der Waals surface area contributed by atoms with Crippen LogP contribution in [0.15, 0.2) is 12.1 Å². The van der Waals surface area contributed by atoms with Gasteiger partial charge < -0.3 is 15.0 Å². The quantitative estimate of drug-likeness (QED) is 0.725. The Labute approximate surface area is 158 Å². The van der Waals surface area contributed by atoms with Gasteiger partial charge in [-0.2, -0.15) is 4.52 Å². The van der Waals surface area contributed by atoms with Crippen LogP contribution in [0.1, 0.15) is 45.4 Å². The van der Waals surface area contributed by atoms with Crippen molar-refractivity contribution in [3.8, 4) is 0 Å². The van der Waals surface area contributed by atoms with Crippen LogP contribution >= 0.6 is 0 Å². The Hall–Kier alpha value is -2.71. The average Bonchev–Trinajstić information content (AvgIpc) is 3.09. The highest BCUT2D eigenvalue weighted by molar-refractivity contribution is 5.84. The molecule has 1 amide bonds. The van der Waals surface area contributed by atoms with E-state index in [-0.39, 0.29) is 18.9 Å². The minimum absolute atomic E-state index is 0.195. The van der Waals surface area contributed by atoms with Gasteiger partial charge in [0.05, 0.1) is 6.61 Å². The van der Waals surface area contributed by atoms with Crippen molar-refractivity contribution in [2.45, 2.75) is 52.0 Å². The molecule has 3 heterocycles. The Morgan fingerprint density at radius 1 is 1.22 bits per heavy atom. The number of anilines is 1. The molecule has 146 valence electrons. The van der Waals surface area contributed by atoms with E-state index in [9.17, 15) is 9.59 Å². The van der Waals surface area contributed by atoms with Crippen molar-refractivity contribution >= 4 is 23.3 Å². The Balaban J connectivity index is 1.62. The predicted octanol–water partition coefficient (Wildman–Crippen LogP) is 1.11. The summed E-state index contributed by atoms with van der Waals surface area (Å²) in [6.07, 6.45) is 4.19. The molecule has 0 radical (unpaired) electrons. The number of nitrogens with zero attached hydrogens (tertiary/aromatic N) is 5. The molecule has 27 heavy (non-hydrogen) atoms. The summed E-state index contributed by atoms with van der Waals surface area (Å²) in [5.41, 5.74) is 0.658. The second-order valence-corrected chi connectivity index (χ2v) is 6.67. The van der Waals surface area contributed by atoms with Gasteiger partial charge in [0, 0.05) is 25.9 Å². The summed E-state index contributed by atoms with van der Waals surface area (Å²) in [4.78, 5) is 26.0. The maximum absolute atomic E-state index is 12.1. The first-order valence-electron chi connectivity index (χ1n) is 9.50. The van der Waals surface area contributed by atoms with Gasteiger partial charge in [-0.25, -0.2) is 4.79 Å². The van der Waals surface area contributed by atoms with Crippen LogP contribution in [0, 0.1) is 0 Å². The fraction of sp³-hybridized carbons (Fsp3) is 0.611. The van der Waals surface area contributed by atoms with Gasteiger partial charge in [0.2, 0.25) is 5.91 Å². The van der Waals surface area contributed by atoms with Crippen molar-refractivity contribution in [1.29, 1.82) is 0 Å². The lowest BCUT2D eigenvalue weighted by molar-refractivity contribution is -0.146. The van der Waals surface area contributed by atoms with Gasteiger partial charge in [-0.05, 0) is 45.2 Å². The number of piperidine rings is 1. The van der Waals surface area contributed by atoms with Gasteiger partial charge >= 0.3 is 5.97 Å². The zero-order chi connectivity index (χ0) is 19.2. The van der Waals surface area contributed by atoms with E-state index in [1.54, 1.807) is 18.4 Å². The fourth-order valence-corrected chi connectivity index (χ4v) is 3.14. The molecule has 1 aliphatic rings. The number of hydrogen-bond donors (Lipinski definition) is 1. The Morgan fingerprint density at radius 3 is 2.74 bits per heavy atom. The smallest absolute Gasteiger partial charge is 0.328 e. The summed E-state index contributed by atoms with van der Waals surface area (Å²) in [5.74, 6) is 0.859. The van der Waals surface area contributed by atoms with Gasteiger partial charge in [-0.3, -0.25) is 4.79 Å². The molecule has 0 saturated carbocycles. The van der Waals surface area contributed by atoms with E-state index in [0.29, 0.717) is 17.9 Å². The molecule has 2 aromatic rings. The normalized spacial score (nSPS) is 15.6.